The molecule has 0 saturated carbocycles. The SMILES string of the molecule is CCCNC(=O)C(C)NC(C)c1ccc2ccccc2c1. The first-order valence-electron chi connectivity index (χ1n) is 7.64. The second-order valence-corrected chi connectivity index (χ2v) is 5.51. The molecule has 0 aliphatic carbocycles. The Kier molecular flexibility index (Phi) is 5.34. The van der Waals surface area contributed by atoms with E-state index in [4.69, 9.17) is 0 Å². The van der Waals surface area contributed by atoms with Crippen molar-refractivity contribution in [2.24, 2.45) is 0 Å². The summed E-state index contributed by atoms with van der Waals surface area (Å²) in [4.78, 5) is 11.9. The zero-order valence-corrected chi connectivity index (χ0v) is 13.0. The minimum absolute atomic E-state index is 0.0597. The van der Waals surface area contributed by atoms with Gasteiger partial charge in [-0.3, -0.25) is 10.1 Å². The Labute approximate surface area is 126 Å². The standard InChI is InChI=1S/C18H24N2O/c1-4-11-19-18(21)14(3)20-13(2)16-10-9-15-7-5-6-8-17(15)12-16/h5-10,12-14,20H,4,11H2,1-3H3,(H,19,21). The third-order valence-corrected chi connectivity index (χ3v) is 3.72. The highest BCUT2D eigenvalue weighted by molar-refractivity contribution is 5.83. The number of hydrogen-bond acceptors (Lipinski definition) is 2. The van der Waals surface area contributed by atoms with Crippen LogP contribution in [0.2, 0.25) is 0 Å². The summed E-state index contributed by atoms with van der Waals surface area (Å²) in [7, 11) is 0. The van der Waals surface area contributed by atoms with Crippen LogP contribution in [0.1, 0.15) is 38.8 Å². The zero-order chi connectivity index (χ0) is 15.2. The van der Waals surface area contributed by atoms with Gasteiger partial charge in [-0.1, -0.05) is 43.3 Å². The molecule has 21 heavy (non-hydrogen) atoms. The molecule has 0 aromatic heterocycles. The Morgan fingerprint density at radius 3 is 2.52 bits per heavy atom. The normalized spacial score (nSPS) is 13.9. The predicted molar refractivity (Wildman–Crippen MR) is 88.3 cm³/mol. The van der Waals surface area contributed by atoms with Gasteiger partial charge in [-0.25, -0.2) is 0 Å². The van der Waals surface area contributed by atoms with E-state index >= 15 is 0 Å². The lowest BCUT2D eigenvalue weighted by Gasteiger charge is -2.20. The number of fused-ring (bicyclic) bond motifs is 1. The molecule has 0 aliphatic rings. The van der Waals surface area contributed by atoms with Crippen LogP contribution >= 0.6 is 0 Å². The van der Waals surface area contributed by atoms with E-state index in [2.05, 4.69) is 54.8 Å². The molecule has 2 N–H and O–H groups in total. The summed E-state index contributed by atoms with van der Waals surface area (Å²) < 4.78 is 0. The Hall–Kier alpha value is -1.87. The Morgan fingerprint density at radius 1 is 1.10 bits per heavy atom. The van der Waals surface area contributed by atoms with Gasteiger partial charge in [0.05, 0.1) is 6.04 Å². The molecule has 0 aliphatic heterocycles. The number of nitrogens with one attached hydrogen (secondary N) is 2. The molecular weight excluding hydrogens is 260 g/mol. The summed E-state index contributed by atoms with van der Waals surface area (Å²) in [6.07, 6.45) is 0.957. The Morgan fingerprint density at radius 2 is 1.81 bits per heavy atom. The number of carbonyl (C=O) groups is 1. The molecule has 112 valence electrons. The summed E-state index contributed by atoms with van der Waals surface area (Å²) in [6.45, 7) is 6.78. The molecule has 2 aromatic carbocycles. The van der Waals surface area contributed by atoms with Crippen molar-refractivity contribution in [1.82, 2.24) is 10.6 Å². The van der Waals surface area contributed by atoms with Crippen molar-refractivity contribution in [3.63, 3.8) is 0 Å². The van der Waals surface area contributed by atoms with Crippen molar-refractivity contribution in [3.8, 4) is 0 Å². The summed E-state index contributed by atoms with van der Waals surface area (Å²) >= 11 is 0. The first-order valence-corrected chi connectivity index (χ1v) is 7.64. The molecule has 0 fully saturated rings. The number of rotatable bonds is 6. The van der Waals surface area contributed by atoms with Gasteiger partial charge in [-0.15, -0.1) is 0 Å². The van der Waals surface area contributed by atoms with Crippen molar-refractivity contribution in [2.75, 3.05) is 6.54 Å². The van der Waals surface area contributed by atoms with Gasteiger partial charge in [0.25, 0.3) is 0 Å². The van der Waals surface area contributed by atoms with Gasteiger partial charge < -0.3 is 5.32 Å². The van der Waals surface area contributed by atoms with Crippen LogP contribution in [0.15, 0.2) is 42.5 Å². The van der Waals surface area contributed by atoms with E-state index in [0.29, 0.717) is 0 Å². The lowest BCUT2D eigenvalue weighted by atomic mass is 10.0. The van der Waals surface area contributed by atoms with Crippen LogP contribution in [-0.4, -0.2) is 18.5 Å². The molecule has 0 spiro atoms. The third kappa shape index (κ3) is 4.05. The van der Waals surface area contributed by atoms with Gasteiger partial charge in [0.1, 0.15) is 0 Å². The smallest absolute Gasteiger partial charge is 0.236 e. The lowest BCUT2D eigenvalue weighted by molar-refractivity contribution is -0.122. The van der Waals surface area contributed by atoms with E-state index < -0.39 is 0 Å². The van der Waals surface area contributed by atoms with Gasteiger partial charge in [0, 0.05) is 12.6 Å². The zero-order valence-electron chi connectivity index (χ0n) is 13.0. The second kappa shape index (κ2) is 7.23. The molecule has 0 bridgehead atoms. The van der Waals surface area contributed by atoms with Gasteiger partial charge in [-0.05, 0) is 42.7 Å². The fourth-order valence-electron chi connectivity index (χ4n) is 2.43. The van der Waals surface area contributed by atoms with Gasteiger partial charge >= 0.3 is 0 Å². The van der Waals surface area contributed by atoms with Crippen LogP contribution in [0.5, 0.6) is 0 Å². The highest BCUT2D eigenvalue weighted by Gasteiger charge is 2.15. The molecule has 2 aromatic rings. The van der Waals surface area contributed by atoms with E-state index in [1.54, 1.807) is 0 Å². The molecule has 0 radical (unpaired) electrons. The van der Waals surface area contributed by atoms with Gasteiger partial charge in [0.2, 0.25) is 5.91 Å². The van der Waals surface area contributed by atoms with E-state index in [0.717, 1.165) is 13.0 Å². The van der Waals surface area contributed by atoms with E-state index in [9.17, 15) is 4.79 Å². The Balaban J connectivity index is 2.04. The van der Waals surface area contributed by atoms with Crippen LogP contribution in [0.4, 0.5) is 0 Å². The van der Waals surface area contributed by atoms with E-state index in [-0.39, 0.29) is 18.0 Å². The molecule has 2 atom stereocenters. The lowest BCUT2D eigenvalue weighted by Crippen LogP contribution is -2.43. The average molecular weight is 284 g/mol. The topological polar surface area (TPSA) is 41.1 Å². The average Bonchev–Trinajstić information content (AvgIpc) is 2.51. The van der Waals surface area contributed by atoms with Crippen LogP contribution in [-0.2, 0) is 4.79 Å². The minimum atomic E-state index is -0.196. The van der Waals surface area contributed by atoms with Crippen LogP contribution < -0.4 is 10.6 Å². The molecule has 0 saturated heterocycles. The highest BCUT2D eigenvalue weighted by atomic mass is 16.2. The molecule has 3 nitrogen and oxygen atoms in total. The van der Waals surface area contributed by atoms with Crippen LogP contribution in [0.25, 0.3) is 10.8 Å². The predicted octanol–water partition coefficient (Wildman–Crippen LogP) is 3.41. The number of carbonyl (C=O) groups excluding carboxylic acids is 1. The van der Waals surface area contributed by atoms with Gasteiger partial charge in [-0.2, -0.15) is 0 Å². The van der Waals surface area contributed by atoms with Crippen LogP contribution in [0, 0.1) is 0 Å². The number of hydrogen-bond donors (Lipinski definition) is 2. The molecule has 3 heteroatoms. The van der Waals surface area contributed by atoms with Crippen molar-refractivity contribution >= 4 is 16.7 Å². The van der Waals surface area contributed by atoms with E-state index in [1.807, 2.05) is 19.1 Å². The highest BCUT2D eigenvalue weighted by Crippen LogP contribution is 2.20. The fourth-order valence-corrected chi connectivity index (χ4v) is 2.43. The van der Waals surface area contributed by atoms with Crippen molar-refractivity contribution in [2.45, 2.75) is 39.3 Å². The van der Waals surface area contributed by atoms with Crippen molar-refractivity contribution in [1.29, 1.82) is 0 Å². The van der Waals surface area contributed by atoms with Gasteiger partial charge in [0.15, 0.2) is 0 Å². The maximum atomic E-state index is 11.9. The molecule has 1 amide bonds. The van der Waals surface area contributed by atoms with Crippen molar-refractivity contribution < 1.29 is 4.79 Å². The maximum Gasteiger partial charge on any atom is 0.236 e. The molecule has 0 heterocycles. The number of amides is 1. The summed E-state index contributed by atoms with van der Waals surface area (Å²) in [5, 5.41) is 8.74. The minimum Gasteiger partial charge on any atom is -0.355 e. The monoisotopic (exact) mass is 284 g/mol. The Bertz CT molecular complexity index is 609. The third-order valence-electron chi connectivity index (χ3n) is 3.72. The quantitative estimate of drug-likeness (QED) is 0.853. The first-order chi connectivity index (χ1) is 10.1. The summed E-state index contributed by atoms with van der Waals surface area (Å²) in [5.74, 6) is 0.0597. The summed E-state index contributed by atoms with van der Waals surface area (Å²) in [5.41, 5.74) is 1.20. The molecule has 2 rings (SSSR count). The fraction of sp³-hybridized carbons (Fsp3) is 0.389. The maximum absolute atomic E-state index is 11.9. The molecular formula is C18H24N2O. The molecule has 2 unspecified atom stereocenters. The van der Waals surface area contributed by atoms with Crippen molar-refractivity contribution in [3.05, 3.63) is 48.0 Å². The van der Waals surface area contributed by atoms with E-state index in [1.165, 1.54) is 16.3 Å². The van der Waals surface area contributed by atoms with Crippen LogP contribution in [0.3, 0.4) is 0 Å². The summed E-state index contributed by atoms with van der Waals surface area (Å²) in [6, 6.07) is 14.7. The first kappa shape index (κ1) is 15.5. The number of benzene rings is 2. The second-order valence-electron chi connectivity index (χ2n) is 5.51. The largest absolute Gasteiger partial charge is 0.355 e.